The maximum absolute atomic E-state index is 12.4. The summed E-state index contributed by atoms with van der Waals surface area (Å²) in [7, 11) is 0. The number of aromatic nitrogens is 1. The Bertz CT molecular complexity index is 424. The molecule has 1 aliphatic carbocycles. The highest BCUT2D eigenvalue weighted by Crippen LogP contribution is 2.32. The molecular weight excluding hydrogens is 260 g/mol. The molecule has 116 valence electrons. The molecule has 3 nitrogen and oxygen atoms in total. The molecule has 1 heterocycles. The van der Waals surface area contributed by atoms with Crippen LogP contribution in [-0.2, 0) is 4.79 Å². The van der Waals surface area contributed by atoms with E-state index in [1.54, 1.807) is 6.20 Å². The van der Waals surface area contributed by atoms with Gasteiger partial charge in [-0.3, -0.25) is 9.78 Å². The lowest BCUT2D eigenvalue weighted by Crippen LogP contribution is -2.35. The van der Waals surface area contributed by atoms with Gasteiger partial charge in [0.15, 0.2) is 0 Å². The second-order valence-electron chi connectivity index (χ2n) is 6.34. The highest BCUT2D eigenvalue weighted by Gasteiger charge is 2.26. The maximum atomic E-state index is 12.4. The van der Waals surface area contributed by atoms with Crippen LogP contribution in [0.5, 0.6) is 0 Å². The largest absolute Gasteiger partial charge is 0.348 e. The van der Waals surface area contributed by atoms with E-state index in [4.69, 9.17) is 0 Å². The lowest BCUT2D eigenvalue weighted by Gasteiger charge is -2.28. The van der Waals surface area contributed by atoms with Gasteiger partial charge in [-0.2, -0.15) is 0 Å². The van der Waals surface area contributed by atoms with Crippen LogP contribution in [0.2, 0.25) is 0 Å². The Kier molecular flexibility index (Phi) is 6.21. The number of pyridine rings is 1. The van der Waals surface area contributed by atoms with Crippen molar-refractivity contribution in [2.45, 2.75) is 64.8 Å². The minimum Gasteiger partial charge on any atom is -0.348 e. The fraction of sp³-hybridized carbons (Fsp3) is 0.667. The minimum absolute atomic E-state index is 0.00323. The summed E-state index contributed by atoms with van der Waals surface area (Å²) in [5, 5.41) is 3.12. The van der Waals surface area contributed by atoms with E-state index >= 15 is 0 Å². The number of carbonyl (C=O) groups excluding carboxylic acids is 1. The van der Waals surface area contributed by atoms with Gasteiger partial charge in [0.1, 0.15) is 0 Å². The van der Waals surface area contributed by atoms with Gasteiger partial charge >= 0.3 is 0 Å². The van der Waals surface area contributed by atoms with Crippen LogP contribution in [0.1, 0.15) is 70.5 Å². The van der Waals surface area contributed by atoms with E-state index in [0.29, 0.717) is 0 Å². The van der Waals surface area contributed by atoms with E-state index in [9.17, 15) is 4.79 Å². The number of carbonyl (C=O) groups is 1. The van der Waals surface area contributed by atoms with Crippen LogP contribution in [-0.4, -0.2) is 10.9 Å². The van der Waals surface area contributed by atoms with Crippen molar-refractivity contribution in [1.29, 1.82) is 0 Å². The van der Waals surface area contributed by atoms with Crippen molar-refractivity contribution >= 4 is 5.91 Å². The minimum atomic E-state index is -0.00323. The van der Waals surface area contributed by atoms with Gasteiger partial charge < -0.3 is 5.32 Å². The van der Waals surface area contributed by atoms with Gasteiger partial charge in [-0.1, -0.05) is 32.3 Å². The predicted molar refractivity (Wildman–Crippen MR) is 85.8 cm³/mol. The van der Waals surface area contributed by atoms with Gasteiger partial charge in [0.25, 0.3) is 0 Å². The topological polar surface area (TPSA) is 42.0 Å². The van der Waals surface area contributed by atoms with Gasteiger partial charge in [-0.15, -0.1) is 0 Å². The third-order valence-electron chi connectivity index (χ3n) is 4.67. The zero-order valence-electron chi connectivity index (χ0n) is 13.3. The first-order valence-corrected chi connectivity index (χ1v) is 8.42. The Hall–Kier alpha value is -1.38. The molecule has 1 fully saturated rings. The molecule has 0 saturated heterocycles. The molecule has 1 aromatic heterocycles. The Morgan fingerprint density at radius 3 is 2.71 bits per heavy atom. The first-order chi connectivity index (χ1) is 10.2. The molecule has 1 aromatic rings. The number of hydrogen-bond acceptors (Lipinski definition) is 2. The molecule has 2 rings (SSSR count). The number of nitrogens with one attached hydrogen (secondary N) is 1. The first kappa shape index (κ1) is 16.0. The lowest BCUT2D eigenvalue weighted by molar-refractivity contribution is -0.126. The highest BCUT2D eigenvalue weighted by atomic mass is 16.1. The number of amides is 1. The standard InChI is InChI=1S/C18H28N2O/c1-3-4-7-15-9-11-16(12-10-15)18(21)20-14(2)17-8-5-6-13-19-17/h5-6,8,13-16H,3-4,7,9-12H2,1-2H3,(H,20,21). The molecule has 1 unspecified atom stereocenters. The zero-order valence-corrected chi connectivity index (χ0v) is 13.3. The average Bonchev–Trinajstić information content (AvgIpc) is 2.54. The summed E-state index contributed by atoms with van der Waals surface area (Å²) in [5.41, 5.74) is 0.933. The second-order valence-corrected chi connectivity index (χ2v) is 6.34. The monoisotopic (exact) mass is 288 g/mol. The summed E-state index contributed by atoms with van der Waals surface area (Å²) in [6, 6.07) is 5.82. The first-order valence-electron chi connectivity index (χ1n) is 8.42. The fourth-order valence-electron chi connectivity index (χ4n) is 3.24. The number of unbranched alkanes of at least 4 members (excludes halogenated alkanes) is 1. The summed E-state index contributed by atoms with van der Waals surface area (Å²) >= 11 is 0. The summed E-state index contributed by atoms with van der Waals surface area (Å²) in [6.07, 6.45) is 10.3. The summed E-state index contributed by atoms with van der Waals surface area (Å²) in [5.74, 6) is 1.26. The predicted octanol–water partition coefficient (Wildman–Crippen LogP) is 4.26. The van der Waals surface area contributed by atoms with Crippen molar-refractivity contribution in [3.05, 3.63) is 30.1 Å². The average molecular weight is 288 g/mol. The molecule has 0 aliphatic heterocycles. The molecule has 1 aliphatic rings. The smallest absolute Gasteiger partial charge is 0.223 e. The summed E-state index contributed by atoms with van der Waals surface area (Å²) in [4.78, 5) is 16.7. The molecular formula is C18H28N2O. The van der Waals surface area contributed by atoms with Crippen LogP contribution in [0.15, 0.2) is 24.4 Å². The van der Waals surface area contributed by atoms with Crippen LogP contribution in [0.3, 0.4) is 0 Å². The second kappa shape index (κ2) is 8.16. The highest BCUT2D eigenvalue weighted by molar-refractivity contribution is 5.79. The number of nitrogens with zero attached hydrogens (tertiary/aromatic N) is 1. The van der Waals surface area contributed by atoms with Crippen molar-refractivity contribution < 1.29 is 4.79 Å². The Balaban J connectivity index is 1.77. The molecule has 0 aromatic carbocycles. The molecule has 1 amide bonds. The van der Waals surface area contributed by atoms with Gasteiger partial charge in [-0.25, -0.2) is 0 Å². The van der Waals surface area contributed by atoms with Gasteiger partial charge in [0.2, 0.25) is 5.91 Å². The normalized spacial score (nSPS) is 23.5. The van der Waals surface area contributed by atoms with Crippen LogP contribution >= 0.6 is 0 Å². The summed E-state index contributed by atoms with van der Waals surface area (Å²) in [6.45, 7) is 4.26. The van der Waals surface area contributed by atoms with Crippen LogP contribution < -0.4 is 5.32 Å². The van der Waals surface area contributed by atoms with E-state index in [0.717, 1.165) is 24.5 Å². The van der Waals surface area contributed by atoms with Crippen molar-refractivity contribution in [3.63, 3.8) is 0 Å². The van der Waals surface area contributed by atoms with E-state index in [1.807, 2.05) is 25.1 Å². The third-order valence-corrected chi connectivity index (χ3v) is 4.67. The van der Waals surface area contributed by atoms with Crippen LogP contribution in [0.4, 0.5) is 0 Å². The lowest BCUT2D eigenvalue weighted by atomic mass is 9.79. The Morgan fingerprint density at radius 1 is 1.33 bits per heavy atom. The molecule has 0 spiro atoms. The molecule has 0 bridgehead atoms. The number of hydrogen-bond donors (Lipinski definition) is 1. The SMILES string of the molecule is CCCCC1CCC(C(=O)NC(C)c2ccccn2)CC1. The molecule has 1 saturated carbocycles. The van der Waals surface area contributed by atoms with E-state index in [2.05, 4.69) is 17.2 Å². The fourth-order valence-corrected chi connectivity index (χ4v) is 3.24. The Labute approximate surface area is 128 Å². The van der Waals surface area contributed by atoms with E-state index in [-0.39, 0.29) is 17.9 Å². The van der Waals surface area contributed by atoms with Crippen molar-refractivity contribution in [2.24, 2.45) is 11.8 Å². The van der Waals surface area contributed by atoms with Crippen LogP contribution in [0.25, 0.3) is 0 Å². The van der Waals surface area contributed by atoms with E-state index in [1.165, 1.54) is 32.1 Å². The van der Waals surface area contributed by atoms with Crippen LogP contribution in [0, 0.1) is 11.8 Å². The zero-order chi connectivity index (χ0) is 15.1. The van der Waals surface area contributed by atoms with Gasteiger partial charge in [-0.05, 0) is 50.7 Å². The molecule has 21 heavy (non-hydrogen) atoms. The van der Waals surface area contributed by atoms with Crippen molar-refractivity contribution in [2.75, 3.05) is 0 Å². The summed E-state index contributed by atoms with van der Waals surface area (Å²) < 4.78 is 0. The Morgan fingerprint density at radius 2 is 2.10 bits per heavy atom. The molecule has 0 radical (unpaired) electrons. The molecule has 1 N–H and O–H groups in total. The van der Waals surface area contributed by atoms with E-state index < -0.39 is 0 Å². The molecule has 3 heteroatoms. The maximum Gasteiger partial charge on any atom is 0.223 e. The van der Waals surface area contributed by atoms with Gasteiger partial charge in [0.05, 0.1) is 11.7 Å². The molecule has 1 atom stereocenters. The van der Waals surface area contributed by atoms with Crippen molar-refractivity contribution in [3.8, 4) is 0 Å². The quantitative estimate of drug-likeness (QED) is 0.850. The van der Waals surface area contributed by atoms with Crippen molar-refractivity contribution in [1.82, 2.24) is 10.3 Å². The third kappa shape index (κ3) is 4.83. The number of rotatable bonds is 6. The van der Waals surface area contributed by atoms with Gasteiger partial charge in [0, 0.05) is 12.1 Å².